The second kappa shape index (κ2) is 5.05. The second-order valence-electron chi connectivity index (χ2n) is 1.77. The summed E-state index contributed by atoms with van der Waals surface area (Å²) in [5.74, 6) is 1.10. The Morgan fingerprint density at radius 1 is 1.64 bits per heavy atom. The molecule has 0 radical (unpaired) electrons. The van der Waals surface area contributed by atoms with Crippen molar-refractivity contribution in [3.63, 3.8) is 0 Å². The Morgan fingerprint density at radius 2 is 2.45 bits per heavy atom. The predicted molar refractivity (Wildman–Crippen MR) is 52.6 cm³/mol. The third-order valence-corrected chi connectivity index (χ3v) is 5.58. The van der Waals surface area contributed by atoms with Crippen LogP contribution in [0.1, 0.15) is 4.44 Å². The molecule has 0 saturated heterocycles. The van der Waals surface area contributed by atoms with E-state index in [0.29, 0.717) is 14.5 Å². The molecule has 0 spiro atoms. The van der Waals surface area contributed by atoms with Crippen LogP contribution in [0.4, 0.5) is 0 Å². The quantitative estimate of drug-likeness (QED) is 0.484. The van der Waals surface area contributed by atoms with Crippen LogP contribution in [0.5, 0.6) is 0 Å². The fourth-order valence-electron chi connectivity index (χ4n) is 0.597. The second-order valence-corrected chi connectivity index (χ2v) is 6.55. The van der Waals surface area contributed by atoms with E-state index >= 15 is 0 Å². The number of nitrogens with zero attached hydrogens (tertiary/aromatic N) is 1. The van der Waals surface area contributed by atoms with E-state index in [1.807, 2.05) is 17.8 Å². The molecule has 0 aliphatic heterocycles. The molecule has 1 heterocycles. The fourth-order valence-corrected chi connectivity index (χ4v) is 4.07. The molecule has 0 aliphatic carbocycles. The van der Waals surface area contributed by atoms with Crippen molar-refractivity contribution in [1.82, 2.24) is 0 Å². The monoisotopic (exact) mass is 295 g/mol. The van der Waals surface area contributed by atoms with Gasteiger partial charge in [-0.15, -0.1) is 0 Å². The van der Waals surface area contributed by atoms with Gasteiger partial charge in [-0.2, -0.15) is 0 Å². The van der Waals surface area contributed by atoms with Gasteiger partial charge in [0, 0.05) is 0 Å². The molecule has 0 aromatic carbocycles. The minimum atomic E-state index is 0.307. The Kier molecular flexibility index (Phi) is 4.32. The summed E-state index contributed by atoms with van der Waals surface area (Å²) in [4.78, 5) is 0. The van der Waals surface area contributed by atoms with E-state index in [9.17, 15) is 0 Å². The van der Waals surface area contributed by atoms with Crippen LogP contribution in [0, 0.1) is 11.3 Å². The summed E-state index contributed by atoms with van der Waals surface area (Å²) >= 11 is 5.51. The molecule has 1 rings (SSSR count). The minimum absolute atomic E-state index is 0.307. The number of halogens is 1. The number of thioether (sulfide) groups is 1. The van der Waals surface area contributed by atoms with E-state index in [-0.39, 0.29) is 0 Å². The fraction of sp³-hybridized carbons (Fsp3) is 0.286. The van der Waals surface area contributed by atoms with Crippen molar-refractivity contribution in [1.29, 1.82) is 5.26 Å². The molecule has 0 amide bonds. The van der Waals surface area contributed by atoms with E-state index in [0.717, 1.165) is 15.5 Å². The molecule has 58 valence electrons. The van der Waals surface area contributed by atoms with Gasteiger partial charge < -0.3 is 0 Å². The maximum atomic E-state index is 8.55. The van der Waals surface area contributed by atoms with Crippen LogP contribution >= 0.6 is 27.7 Å². The van der Waals surface area contributed by atoms with E-state index < -0.39 is 0 Å². The zero-order chi connectivity index (χ0) is 8.10. The van der Waals surface area contributed by atoms with Gasteiger partial charge in [0.15, 0.2) is 0 Å². The summed E-state index contributed by atoms with van der Waals surface area (Å²) < 4.78 is 2.31. The molecule has 0 N–H and O–H groups in total. The molecule has 0 aliphatic rings. The van der Waals surface area contributed by atoms with E-state index in [2.05, 4.69) is 28.1 Å². The third-order valence-electron chi connectivity index (χ3n) is 1.01. The first-order chi connectivity index (χ1) is 5.36. The first-order valence-electron chi connectivity index (χ1n) is 3.05. The van der Waals surface area contributed by atoms with E-state index in [1.165, 1.54) is 3.77 Å². The van der Waals surface area contributed by atoms with Crippen LogP contribution < -0.4 is 0 Å². The van der Waals surface area contributed by atoms with Gasteiger partial charge in [0.1, 0.15) is 0 Å². The molecule has 0 saturated carbocycles. The summed E-state index contributed by atoms with van der Waals surface area (Å²) in [5, 5.41) is 9.58. The van der Waals surface area contributed by atoms with Crippen LogP contribution in [-0.2, 0) is 0 Å². The molecule has 1 nitrogen and oxygen atoms in total. The molecule has 0 atom stereocenters. The van der Waals surface area contributed by atoms with Gasteiger partial charge in [-0.1, -0.05) is 0 Å². The Morgan fingerprint density at radius 3 is 3.00 bits per heavy atom. The average molecular weight is 295 g/mol. The van der Waals surface area contributed by atoms with Crippen molar-refractivity contribution >= 4 is 42.2 Å². The van der Waals surface area contributed by atoms with Gasteiger partial charge in [-0.05, 0) is 0 Å². The summed E-state index contributed by atoms with van der Waals surface area (Å²) in [6, 6.07) is 6.17. The SMILES string of the molecule is N#Cc1ccc(SCCBr)[se]1. The zero-order valence-corrected chi connectivity index (χ0v) is 9.83. The number of hydrogen-bond acceptors (Lipinski definition) is 2. The number of alkyl halides is 1. The topological polar surface area (TPSA) is 23.8 Å². The van der Waals surface area contributed by atoms with Gasteiger partial charge in [-0.3, -0.25) is 0 Å². The molecular weight excluding hydrogens is 289 g/mol. The molecule has 4 heteroatoms. The van der Waals surface area contributed by atoms with Gasteiger partial charge >= 0.3 is 84.9 Å². The van der Waals surface area contributed by atoms with Gasteiger partial charge in [-0.25, -0.2) is 0 Å². The van der Waals surface area contributed by atoms with E-state index in [1.54, 1.807) is 0 Å². The molecular formula is C7H6BrNSSe. The summed E-state index contributed by atoms with van der Waals surface area (Å²) in [5.41, 5.74) is 0. The summed E-state index contributed by atoms with van der Waals surface area (Å²) in [6.45, 7) is 0. The van der Waals surface area contributed by atoms with Gasteiger partial charge in [0.2, 0.25) is 0 Å². The van der Waals surface area contributed by atoms with E-state index in [4.69, 9.17) is 5.26 Å². The van der Waals surface area contributed by atoms with Crippen LogP contribution in [0.3, 0.4) is 0 Å². The van der Waals surface area contributed by atoms with Crippen molar-refractivity contribution in [2.24, 2.45) is 0 Å². The molecule has 11 heavy (non-hydrogen) atoms. The normalized spacial score (nSPS) is 9.45. The van der Waals surface area contributed by atoms with Crippen molar-refractivity contribution in [2.45, 2.75) is 3.77 Å². The number of nitriles is 1. The Labute approximate surface area is 84.7 Å². The third kappa shape index (κ3) is 3.04. The molecule has 0 bridgehead atoms. The Bertz CT molecular complexity index is 266. The standard InChI is InChI=1S/C7H6BrNSSe/c8-3-4-10-7-2-1-6(5-9)11-7/h1-2H,3-4H2. The molecule has 0 fully saturated rings. The first kappa shape index (κ1) is 9.41. The van der Waals surface area contributed by atoms with Crippen LogP contribution in [0.15, 0.2) is 15.9 Å². The summed E-state index contributed by atoms with van der Waals surface area (Å²) in [7, 11) is 0. The zero-order valence-electron chi connectivity index (χ0n) is 5.71. The van der Waals surface area contributed by atoms with Gasteiger partial charge in [0.05, 0.1) is 0 Å². The Hall–Kier alpha value is 0.319. The molecule has 0 unspecified atom stereocenters. The van der Waals surface area contributed by atoms with Crippen LogP contribution in [0.25, 0.3) is 0 Å². The van der Waals surface area contributed by atoms with Crippen molar-refractivity contribution in [3.05, 3.63) is 16.6 Å². The average Bonchev–Trinajstić information content (AvgIpc) is 2.48. The molecule has 1 aromatic heterocycles. The Balaban J connectivity index is 2.53. The predicted octanol–water partition coefficient (Wildman–Crippen LogP) is 2.10. The van der Waals surface area contributed by atoms with Crippen molar-refractivity contribution < 1.29 is 0 Å². The van der Waals surface area contributed by atoms with Crippen molar-refractivity contribution in [2.75, 3.05) is 11.1 Å². The first-order valence-corrected chi connectivity index (χ1v) is 6.87. The van der Waals surface area contributed by atoms with Crippen LogP contribution in [-0.4, -0.2) is 25.6 Å². The molecule has 1 aromatic rings. The van der Waals surface area contributed by atoms with Crippen molar-refractivity contribution in [3.8, 4) is 6.07 Å². The number of rotatable bonds is 3. The number of hydrogen-bond donors (Lipinski definition) is 0. The van der Waals surface area contributed by atoms with Crippen LogP contribution in [0.2, 0.25) is 0 Å². The summed E-state index contributed by atoms with van der Waals surface area (Å²) in [6.07, 6.45) is 0. The maximum absolute atomic E-state index is 8.55. The van der Waals surface area contributed by atoms with Gasteiger partial charge in [0.25, 0.3) is 0 Å².